The van der Waals surface area contributed by atoms with E-state index >= 15 is 0 Å². The van der Waals surface area contributed by atoms with E-state index in [4.69, 9.17) is 11.1 Å². The van der Waals surface area contributed by atoms with E-state index in [0.717, 1.165) is 11.1 Å². The summed E-state index contributed by atoms with van der Waals surface area (Å²) >= 11 is 7.48. The van der Waals surface area contributed by atoms with Gasteiger partial charge in [0.05, 0.1) is 0 Å². The van der Waals surface area contributed by atoms with Crippen LogP contribution >= 0.6 is 11.1 Å². The molecule has 2 saturated carbocycles. The van der Waals surface area contributed by atoms with Gasteiger partial charge in [-0.3, -0.25) is 0 Å². The summed E-state index contributed by atoms with van der Waals surface area (Å²) in [6, 6.07) is 0. The molecule has 2 aliphatic carbocycles. The average Bonchev–Trinajstić information content (AvgIpc) is 3.00. The van der Waals surface area contributed by atoms with Gasteiger partial charge in [-0.15, -0.1) is 0 Å². The topological polar surface area (TPSA) is 0 Å². The van der Waals surface area contributed by atoms with Gasteiger partial charge in [-0.1, -0.05) is 78.6 Å². The molecule has 2 heteroatoms. The Morgan fingerprint density at radius 1 is 0.941 bits per heavy atom. The minimum atomic E-state index is -1.64. The molecule has 0 N–H and O–H groups in total. The van der Waals surface area contributed by atoms with Crippen molar-refractivity contribution >= 4 is 18.5 Å². The van der Waals surface area contributed by atoms with Crippen molar-refractivity contribution in [1.82, 2.24) is 0 Å². The van der Waals surface area contributed by atoms with Crippen LogP contribution in [0.4, 0.5) is 0 Å². The lowest BCUT2D eigenvalue weighted by Gasteiger charge is -2.48. The summed E-state index contributed by atoms with van der Waals surface area (Å²) in [5, 5.41) is 0.429. The summed E-state index contributed by atoms with van der Waals surface area (Å²) in [5.41, 5.74) is 1.84. The Bertz CT molecular complexity index is 234. The number of hydrogen-bond acceptors (Lipinski definition) is 0. The summed E-state index contributed by atoms with van der Waals surface area (Å²) in [6.07, 6.45) is 12.8. The quantitative estimate of drug-likeness (QED) is 0.419. The van der Waals surface area contributed by atoms with Crippen LogP contribution in [0.25, 0.3) is 0 Å². The molecule has 0 aromatic rings. The molecule has 0 saturated heterocycles. The fraction of sp³-hybridized carbons (Fsp3) is 1.00. The molecule has 17 heavy (non-hydrogen) atoms. The third-order valence-electron chi connectivity index (χ3n) is 5.82. The van der Waals surface area contributed by atoms with Crippen LogP contribution in [0, 0.1) is 0 Å². The Balaban J connectivity index is 2.26. The average molecular weight is 273 g/mol. The van der Waals surface area contributed by atoms with E-state index in [-0.39, 0.29) is 0 Å². The van der Waals surface area contributed by atoms with Gasteiger partial charge in [0.2, 0.25) is 0 Å². The Hall–Kier alpha value is 0.507. The molecular formula is C15H29ClSi. The molecular weight excluding hydrogens is 244 g/mol. The van der Waals surface area contributed by atoms with Crippen molar-refractivity contribution in [3.63, 3.8) is 0 Å². The predicted octanol–water partition coefficient (Wildman–Crippen LogP) is 6.25. The molecule has 0 aliphatic heterocycles. The zero-order valence-corrected chi connectivity index (χ0v) is 13.7. The molecule has 0 bridgehead atoms. The van der Waals surface area contributed by atoms with Crippen LogP contribution in [0.3, 0.4) is 0 Å². The molecule has 0 unspecified atom stereocenters. The van der Waals surface area contributed by atoms with Crippen molar-refractivity contribution in [3.8, 4) is 0 Å². The van der Waals surface area contributed by atoms with Crippen molar-refractivity contribution in [3.05, 3.63) is 0 Å². The summed E-state index contributed by atoms with van der Waals surface area (Å²) < 4.78 is 0. The van der Waals surface area contributed by atoms with Crippen LogP contribution in [-0.4, -0.2) is 7.38 Å². The van der Waals surface area contributed by atoms with Crippen LogP contribution in [0.15, 0.2) is 0 Å². The van der Waals surface area contributed by atoms with Crippen LogP contribution in [0.1, 0.15) is 78.6 Å². The predicted molar refractivity (Wildman–Crippen MR) is 80.4 cm³/mol. The minimum absolute atomic E-state index is 0.429. The van der Waals surface area contributed by atoms with Crippen molar-refractivity contribution in [2.45, 2.75) is 94.7 Å². The molecule has 0 heterocycles. The van der Waals surface area contributed by atoms with Gasteiger partial charge in [0.15, 0.2) is 7.38 Å². The van der Waals surface area contributed by atoms with E-state index in [2.05, 4.69) is 20.8 Å². The maximum atomic E-state index is 7.48. The first-order valence-corrected chi connectivity index (χ1v) is 10.9. The SMILES string of the molecule is CCC(C)(C)[Si](Cl)(C1CCCC1)C1CCCC1. The van der Waals surface area contributed by atoms with Crippen LogP contribution in [0.5, 0.6) is 0 Å². The highest BCUT2D eigenvalue weighted by Crippen LogP contribution is 2.62. The van der Waals surface area contributed by atoms with Crippen LogP contribution in [-0.2, 0) is 0 Å². The van der Waals surface area contributed by atoms with Crippen molar-refractivity contribution in [2.75, 3.05) is 0 Å². The molecule has 0 atom stereocenters. The summed E-state index contributed by atoms with van der Waals surface area (Å²) in [6.45, 7) is 7.31. The smallest absolute Gasteiger partial charge is 0.166 e. The largest absolute Gasteiger partial charge is 0.168 e. The lowest BCUT2D eigenvalue weighted by Crippen LogP contribution is -2.47. The van der Waals surface area contributed by atoms with Gasteiger partial charge in [-0.05, 0) is 16.1 Å². The normalized spacial score (nSPS) is 24.7. The zero-order chi connectivity index (χ0) is 12.5. The Labute approximate surface area is 113 Å². The molecule has 0 amide bonds. The molecule has 0 spiro atoms. The van der Waals surface area contributed by atoms with E-state index in [1.807, 2.05) is 0 Å². The highest BCUT2D eigenvalue weighted by molar-refractivity contribution is 7.23. The molecule has 0 radical (unpaired) electrons. The van der Waals surface area contributed by atoms with Crippen LogP contribution in [0.2, 0.25) is 16.1 Å². The monoisotopic (exact) mass is 272 g/mol. The second-order valence-corrected chi connectivity index (χ2v) is 13.4. The van der Waals surface area contributed by atoms with Gasteiger partial charge in [0, 0.05) is 0 Å². The standard InChI is InChI=1S/C15H29ClSi/c1-4-15(2,3)17(16,13-9-5-6-10-13)14-11-7-8-12-14/h13-14H,4-12H2,1-3H3. The second-order valence-electron chi connectivity index (χ2n) is 6.97. The molecule has 2 aliphatic rings. The highest BCUT2D eigenvalue weighted by atomic mass is 35.6. The lowest BCUT2D eigenvalue weighted by molar-refractivity contribution is 0.575. The van der Waals surface area contributed by atoms with Gasteiger partial charge < -0.3 is 0 Å². The fourth-order valence-corrected chi connectivity index (χ4v) is 12.0. The molecule has 2 rings (SSSR count). The summed E-state index contributed by atoms with van der Waals surface area (Å²) in [4.78, 5) is 0. The number of halogens is 1. The zero-order valence-electron chi connectivity index (χ0n) is 11.9. The first-order valence-electron chi connectivity index (χ1n) is 7.71. The first kappa shape index (κ1) is 13.9. The number of rotatable bonds is 4. The summed E-state index contributed by atoms with van der Waals surface area (Å²) in [5.74, 6) is 0. The van der Waals surface area contributed by atoms with Gasteiger partial charge in [-0.25, -0.2) is 0 Å². The van der Waals surface area contributed by atoms with Gasteiger partial charge >= 0.3 is 0 Å². The van der Waals surface area contributed by atoms with E-state index in [9.17, 15) is 0 Å². The molecule has 2 fully saturated rings. The van der Waals surface area contributed by atoms with Crippen molar-refractivity contribution in [2.24, 2.45) is 0 Å². The second kappa shape index (κ2) is 5.25. The van der Waals surface area contributed by atoms with E-state index < -0.39 is 7.38 Å². The van der Waals surface area contributed by atoms with Gasteiger partial charge in [0.25, 0.3) is 0 Å². The van der Waals surface area contributed by atoms with Crippen molar-refractivity contribution < 1.29 is 0 Å². The maximum Gasteiger partial charge on any atom is 0.168 e. The Morgan fingerprint density at radius 3 is 1.59 bits per heavy atom. The minimum Gasteiger partial charge on any atom is -0.166 e. The lowest BCUT2D eigenvalue weighted by atomic mass is 10.1. The van der Waals surface area contributed by atoms with E-state index in [1.54, 1.807) is 0 Å². The fourth-order valence-electron chi connectivity index (χ4n) is 4.40. The molecule has 0 aromatic heterocycles. The van der Waals surface area contributed by atoms with Crippen molar-refractivity contribution in [1.29, 1.82) is 0 Å². The Kier molecular flexibility index (Phi) is 4.30. The molecule has 0 nitrogen and oxygen atoms in total. The first-order chi connectivity index (χ1) is 8.02. The molecule has 0 aromatic carbocycles. The van der Waals surface area contributed by atoms with Crippen LogP contribution < -0.4 is 0 Å². The van der Waals surface area contributed by atoms with E-state index in [0.29, 0.717) is 5.04 Å². The maximum absolute atomic E-state index is 7.48. The number of hydrogen-bond donors (Lipinski definition) is 0. The third-order valence-corrected chi connectivity index (χ3v) is 15.2. The van der Waals surface area contributed by atoms with Gasteiger partial charge in [-0.2, -0.15) is 11.1 Å². The summed E-state index contributed by atoms with van der Waals surface area (Å²) in [7, 11) is -1.64. The highest BCUT2D eigenvalue weighted by Gasteiger charge is 2.56. The Morgan fingerprint density at radius 2 is 1.29 bits per heavy atom. The van der Waals surface area contributed by atoms with Gasteiger partial charge in [0.1, 0.15) is 0 Å². The molecule has 100 valence electrons. The van der Waals surface area contributed by atoms with E-state index in [1.165, 1.54) is 57.8 Å². The third kappa shape index (κ3) is 2.34.